The van der Waals surface area contributed by atoms with E-state index in [1.54, 1.807) is 12.1 Å². The predicted molar refractivity (Wildman–Crippen MR) is 116 cm³/mol. The third kappa shape index (κ3) is 2.85. The van der Waals surface area contributed by atoms with Crippen molar-refractivity contribution in [3.05, 3.63) is 103 Å². The number of H-pyrrole nitrogens is 1. The summed E-state index contributed by atoms with van der Waals surface area (Å²) in [5.41, 5.74) is 7.98. The molecule has 2 nitrogen and oxygen atoms in total. The summed E-state index contributed by atoms with van der Waals surface area (Å²) >= 11 is 0. The molecule has 0 spiro atoms. The van der Waals surface area contributed by atoms with Crippen LogP contribution in [0.25, 0.3) is 44.4 Å². The monoisotopic (exact) mass is 361 g/mol. The lowest BCUT2D eigenvalue weighted by molar-refractivity contribution is 0.475. The Hall–Kier alpha value is -3.78. The van der Waals surface area contributed by atoms with Crippen LogP contribution >= 0.6 is 0 Å². The molecule has 0 fully saturated rings. The van der Waals surface area contributed by atoms with Crippen molar-refractivity contribution in [2.45, 2.75) is 0 Å². The van der Waals surface area contributed by atoms with E-state index in [9.17, 15) is 5.11 Å². The molecule has 1 aromatic heterocycles. The van der Waals surface area contributed by atoms with Crippen molar-refractivity contribution < 1.29 is 5.11 Å². The summed E-state index contributed by atoms with van der Waals surface area (Å²) in [6.07, 6.45) is 0. The van der Waals surface area contributed by atoms with Crippen LogP contribution in [0.3, 0.4) is 0 Å². The summed E-state index contributed by atoms with van der Waals surface area (Å²) in [5.74, 6) is 0.275. The molecule has 2 N–H and O–H groups in total. The SMILES string of the molecule is Oc1ccc(-c2c(-c3ccc(-c4ccccc4)cc3)[nH]c3ccccc23)cc1. The van der Waals surface area contributed by atoms with E-state index in [4.69, 9.17) is 0 Å². The molecule has 28 heavy (non-hydrogen) atoms. The van der Waals surface area contributed by atoms with E-state index in [2.05, 4.69) is 71.7 Å². The van der Waals surface area contributed by atoms with Crippen LogP contribution < -0.4 is 0 Å². The smallest absolute Gasteiger partial charge is 0.115 e. The molecule has 134 valence electrons. The van der Waals surface area contributed by atoms with Crippen LogP contribution in [0.1, 0.15) is 0 Å². The maximum Gasteiger partial charge on any atom is 0.115 e. The highest BCUT2D eigenvalue weighted by Crippen LogP contribution is 2.39. The lowest BCUT2D eigenvalue weighted by atomic mass is 9.97. The minimum atomic E-state index is 0.275. The molecule has 0 saturated carbocycles. The molecule has 5 rings (SSSR count). The van der Waals surface area contributed by atoms with Crippen molar-refractivity contribution in [2.75, 3.05) is 0 Å². The Balaban J connectivity index is 1.66. The third-order valence-corrected chi connectivity index (χ3v) is 5.14. The van der Waals surface area contributed by atoms with Gasteiger partial charge in [-0.05, 0) is 40.5 Å². The lowest BCUT2D eigenvalue weighted by Gasteiger charge is -2.08. The molecule has 0 unspecified atom stereocenters. The zero-order valence-corrected chi connectivity index (χ0v) is 15.3. The van der Waals surface area contributed by atoms with Gasteiger partial charge >= 0.3 is 0 Å². The molecule has 0 aliphatic rings. The van der Waals surface area contributed by atoms with Gasteiger partial charge in [-0.2, -0.15) is 0 Å². The van der Waals surface area contributed by atoms with Gasteiger partial charge in [-0.3, -0.25) is 0 Å². The minimum absolute atomic E-state index is 0.275. The molecular weight excluding hydrogens is 342 g/mol. The van der Waals surface area contributed by atoms with Gasteiger partial charge in [0.1, 0.15) is 5.75 Å². The third-order valence-electron chi connectivity index (χ3n) is 5.14. The van der Waals surface area contributed by atoms with E-state index in [0.29, 0.717) is 0 Å². The first-order valence-corrected chi connectivity index (χ1v) is 9.35. The molecule has 0 saturated heterocycles. The highest BCUT2D eigenvalue weighted by Gasteiger charge is 2.15. The van der Waals surface area contributed by atoms with Crippen LogP contribution in [-0.2, 0) is 0 Å². The van der Waals surface area contributed by atoms with Gasteiger partial charge in [0.25, 0.3) is 0 Å². The summed E-state index contributed by atoms with van der Waals surface area (Å²) < 4.78 is 0. The number of fused-ring (bicyclic) bond motifs is 1. The van der Waals surface area contributed by atoms with Crippen molar-refractivity contribution in [1.29, 1.82) is 0 Å². The van der Waals surface area contributed by atoms with Crippen molar-refractivity contribution >= 4 is 10.9 Å². The number of hydrogen-bond donors (Lipinski definition) is 2. The van der Waals surface area contributed by atoms with Crippen LogP contribution in [0.4, 0.5) is 0 Å². The second kappa shape index (κ2) is 6.75. The Labute approximate surface area is 163 Å². The van der Waals surface area contributed by atoms with Crippen LogP contribution in [0.2, 0.25) is 0 Å². The summed E-state index contributed by atoms with van der Waals surface area (Å²) in [6, 6.07) is 34.8. The fourth-order valence-corrected chi connectivity index (χ4v) is 3.75. The van der Waals surface area contributed by atoms with E-state index < -0.39 is 0 Å². The highest BCUT2D eigenvalue weighted by molar-refractivity contribution is 6.03. The topological polar surface area (TPSA) is 36.0 Å². The number of aromatic amines is 1. The van der Waals surface area contributed by atoms with Crippen molar-refractivity contribution in [3.63, 3.8) is 0 Å². The molecule has 0 atom stereocenters. The molecule has 0 aliphatic heterocycles. The van der Waals surface area contributed by atoms with Crippen molar-refractivity contribution in [2.24, 2.45) is 0 Å². The number of para-hydroxylation sites is 1. The average molecular weight is 361 g/mol. The quantitative estimate of drug-likeness (QED) is 0.361. The summed E-state index contributed by atoms with van der Waals surface area (Å²) in [4.78, 5) is 3.59. The molecule has 0 amide bonds. The van der Waals surface area contributed by atoms with Gasteiger partial charge in [0.05, 0.1) is 5.69 Å². The maximum absolute atomic E-state index is 9.68. The van der Waals surface area contributed by atoms with Crippen LogP contribution in [0, 0.1) is 0 Å². The minimum Gasteiger partial charge on any atom is -0.508 e. The number of phenolic OH excluding ortho intramolecular Hbond substituents is 1. The van der Waals surface area contributed by atoms with E-state index >= 15 is 0 Å². The van der Waals surface area contributed by atoms with Gasteiger partial charge in [-0.1, -0.05) is 84.9 Å². The summed E-state index contributed by atoms with van der Waals surface area (Å²) in [7, 11) is 0. The number of rotatable bonds is 3. The van der Waals surface area contributed by atoms with E-state index in [0.717, 1.165) is 27.9 Å². The molecule has 0 bridgehead atoms. The van der Waals surface area contributed by atoms with Gasteiger partial charge in [0.15, 0.2) is 0 Å². The normalized spacial score (nSPS) is 11.0. The highest BCUT2D eigenvalue weighted by atomic mass is 16.3. The average Bonchev–Trinajstić information content (AvgIpc) is 3.15. The molecule has 0 aliphatic carbocycles. The van der Waals surface area contributed by atoms with Crippen molar-refractivity contribution in [1.82, 2.24) is 4.98 Å². The zero-order chi connectivity index (χ0) is 18.9. The zero-order valence-electron chi connectivity index (χ0n) is 15.3. The Morgan fingerprint density at radius 1 is 0.500 bits per heavy atom. The van der Waals surface area contributed by atoms with E-state index in [1.165, 1.54) is 16.5 Å². The van der Waals surface area contributed by atoms with Gasteiger partial charge < -0.3 is 10.1 Å². The Kier molecular flexibility index (Phi) is 3.95. The number of aromatic nitrogens is 1. The molecular formula is C26H19NO. The summed E-state index contributed by atoms with van der Waals surface area (Å²) in [6.45, 7) is 0. The molecule has 1 heterocycles. The van der Waals surface area contributed by atoms with Gasteiger partial charge in [-0.15, -0.1) is 0 Å². The second-order valence-corrected chi connectivity index (χ2v) is 6.91. The Morgan fingerprint density at radius 2 is 1.07 bits per heavy atom. The summed E-state index contributed by atoms with van der Waals surface area (Å²) in [5, 5.41) is 10.9. The van der Waals surface area contributed by atoms with Crippen LogP contribution in [0.15, 0.2) is 103 Å². The number of hydrogen-bond acceptors (Lipinski definition) is 1. The molecule has 5 aromatic rings. The lowest BCUT2D eigenvalue weighted by Crippen LogP contribution is -1.84. The fourth-order valence-electron chi connectivity index (χ4n) is 3.75. The first kappa shape index (κ1) is 16.4. The molecule has 4 aromatic carbocycles. The number of phenols is 1. The van der Waals surface area contributed by atoms with Crippen LogP contribution in [0.5, 0.6) is 5.75 Å². The van der Waals surface area contributed by atoms with Gasteiger partial charge in [-0.25, -0.2) is 0 Å². The van der Waals surface area contributed by atoms with E-state index in [1.807, 2.05) is 24.3 Å². The Bertz CT molecular complexity index is 1230. The standard InChI is InChI=1S/C26H19NO/c28-22-16-14-20(15-17-22)25-23-8-4-5-9-24(23)27-26(25)21-12-10-19(11-13-21)18-6-2-1-3-7-18/h1-17,27-28H. The number of nitrogens with one attached hydrogen (secondary N) is 1. The molecule has 0 radical (unpaired) electrons. The van der Waals surface area contributed by atoms with Crippen LogP contribution in [-0.4, -0.2) is 10.1 Å². The van der Waals surface area contributed by atoms with Crippen molar-refractivity contribution in [3.8, 4) is 39.3 Å². The number of benzene rings is 4. The largest absolute Gasteiger partial charge is 0.508 e. The molecule has 2 heteroatoms. The Morgan fingerprint density at radius 3 is 1.82 bits per heavy atom. The first-order chi connectivity index (χ1) is 13.8. The van der Waals surface area contributed by atoms with Gasteiger partial charge in [0.2, 0.25) is 0 Å². The fraction of sp³-hybridized carbons (Fsp3) is 0. The second-order valence-electron chi connectivity index (χ2n) is 6.91. The predicted octanol–water partition coefficient (Wildman–Crippen LogP) is 6.87. The number of aromatic hydroxyl groups is 1. The van der Waals surface area contributed by atoms with E-state index in [-0.39, 0.29) is 5.75 Å². The maximum atomic E-state index is 9.68. The van der Waals surface area contributed by atoms with Gasteiger partial charge in [0, 0.05) is 16.5 Å². The first-order valence-electron chi connectivity index (χ1n) is 9.35.